The lowest BCUT2D eigenvalue weighted by molar-refractivity contribution is 0.0519. The van der Waals surface area contributed by atoms with Crippen molar-refractivity contribution in [2.75, 3.05) is 6.61 Å². The van der Waals surface area contributed by atoms with Crippen molar-refractivity contribution in [2.24, 2.45) is 0 Å². The standard InChI is InChI=1S/C22H26N2O3/c1-3-27-22(26)20-14-24(15-23-20)21(16(2)25)10-6-7-17-11-12-18-8-4-5-9-19(18)13-17/h4-5,8-9,11-16,21,25H,3,6-7,10H2,1-2H3. The van der Waals surface area contributed by atoms with Crippen LogP contribution in [0.25, 0.3) is 10.8 Å². The minimum absolute atomic E-state index is 0.124. The van der Waals surface area contributed by atoms with Crippen LogP contribution in [0.3, 0.4) is 0 Å². The number of fused-ring (bicyclic) bond motifs is 1. The summed E-state index contributed by atoms with van der Waals surface area (Å²) in [4.78, 5) is 15.9. The number of aromatic nitrogens is 2. The van der Waals surface area contributed by atoms with Crippen molar-refractivity contribution in [3.8, 4) is 0 Å². The van der Waals surface area contributed by atoms with E-state index in [-0.39, 0.29) is 11.7 Å². The molecule has 5 heteroatoms. The molecule has 1 heterocycles. The number of hydrogen-bond donors (Lipinski definition) is 1. The highest BCUT2D eigenvalue weighted by Crippen LogP contribution is 2.22. The highest BCUT2D eigenvalue weighted by atomic mass is 16.5. The van der Waals surface area contributed by atoms with Crippen LogP contribution in [-0.4, -0.2) is 33.3 Å². The predicted molar refractivity (Wildman–Crippen MR) is 106 cm³/mol. The summed E-state index contributed by atoms with van der Waals surface area (Å²) in [5.74, 6) is -0.434. The number of rotatable bonds is 8. The Morgan fingerprint density at radius 3 is 2.74 bits per heavy atom. The molecular formula is C22H26N2O3. The van der Waals surface area contributed by atoms with E-state index in [1.54, 1.807) is 26.4 Å². The number of aliphatic hydroxyl groups excluding tert-OH is 1. The molecule has 5 nitrogen and oxygen atoms in total. The summed E-state index contributed by atoms with van der Waals surface area (Å²) < 4.78 is 6.80. The highest BCUT2D eigenvalue weighted by Gasteiger charge is 2.19. The van der Waals surface area contributed by atoms with Crippen LogP contribution in [0.1, 0.15) is 48.8 Å². The van der Waals surface area contributed by atoms with Crippen LogP contribution < -0.4 is 0 Å². The maximum Gasteiger partial charge on any atom is 0.358 e. The molecule has 27 heavy (non-hydrogen) atoms. The second-order valence-corrected chi connectivity index (χ2v) is 6.81. The molecule has 0 radical (unpaired) electrons. The van der Waals surface area contributed by atoms with Gasteiger partial charge in [-0.15, -0.1) is 0 Å². The van der Waals surface area contributed by atoms with Crippen molar-refractivity contribution in [2.45, 2.75) is 45.3 Å². The number of carbonyl (C=O) groups excluding carboxylic acids is 1. The average molecular weight is 366 g/mol. The maximum atomic E-state index is 11.8. The molecule has 3 rings (SSSR count). The maximum absolute atomic E-state index is 11.8. The van der Waals surface area contributed by atoms with Gasteiger partial charge in [0.25, 0.3) is 0 Å². The smallest absolute Gasteiger partial charge is 0.358 e. The van der Waals surface area contributed by atoms with Crippen LogP contribution in [0, 0.1) is 0 Å². The number of imidazole rings is 1. The third kappa shape index (κ3) is 4.74. The van der Waals surface area contributed by atoms with Crippen LogP contribution in [0.4, 0.5) is 0 Å². The third-order valence-corrected chi connectivity index (χ3v) is 4.81. The van der Waals surface area contributed by atoms with Crippen molar-refractivity contribution in [1.29, 1.82) is 0 Å². The van der Waals surface area contributed by atoms with Gasteiger partial charge in [0.15, 0.2) is 5.69 Å². The summed E-state index contributed by atoms with van der Waals surface area (Å²) in [6.45, 7) is 3.85. The first-order chi connectivity index (χ1) is 13.1. The Kier molecular flexibility index (Phi) is 6.24. The number of ether oxygens (including phenoxy) is 1. The Balaban J connectivity index is 1.63. The molecule has 0 bridgehead atoms. The van der Waals surface area contributed by atoms with E-state index in [0.29, 0.717) is 6.61 Å². The van der Waals surface area contributed by atoms with Gasteiger partial charge in [-0.3, -0.25) is 0 Å². The summed E-state index contributed by atoms with van der Waals surface area (Å²) in [6.07, 6.45) is 5.38. The van der Waals surface area contributed by atoms with Crippen molar-refractivity contribution < 1.29 is 14.6 Å². The Bertz CT molecular complexity index is 901. The van der Waals surface area contributed by atoms with Gasteiger partial charge in [0.1, 0.15) is 0 Å². The van der Waals surface area contributed by atoms with Crippen molar-refractivity contribution >= 4 is 16.7 Å². The first kappa shape index (κ1) is 19.1. The fourth-order valence-corrected chi connectivity index (χ4v) is 3.38. The van der Waals surface area contributed by atoms with Crippen molar-refractivity contribution in [1.82, 2.24) is 9.55 Å². The van der Waals surface area contributed by atoms with E-state index in [0.717, 1.165) is 19.3 Å². The fourth-order valence-electron chi connectivity index (χ4n) is 3.38. The number of carbonyl (C=O) groups is 1. The molecule has 0 amide bonds. The molecule has 0 spiro atoms. The lowest BCUT2D eigenvalue weighted by Gasteiger charge is -2.21. The molecule has 0 fully saturated rings. The van der Waals surface area contributed by atoms with Gasteiger partial charge >= 0.3 is 5.97 Å². The van der Waals surface area contributed by atoms with Crippen LogP contribution in [0.2, 0.25) is 0 Å². The van der Waals surface area contributed by atoms with Gasteiger partial charge < -0.3 is 14.4 Å². The SMILES string of the molecule is CCOC(=O)c1cn(C(CCCc2ccc3ccccc3c2)C(C)O)cn1. The van der Waals surface area contributed by atoms with Gasteiger partial charge in [-0.2, -0.15) is 0 Å². The number of aryl methyl sites for hydroxylation is 1. The summed E-state index contributed by atoms with van der Waals surface area (Å²) in [5, 5.41) is 12.7. The molecule has 142 valence electrons. The quantitative estimate of drug-likeness (QED) is 0.608. The fraction of sp³-hybridized carbons (Fsp3) is 0.364. The zero-order valence-corrected chi connectivity index (χ0v) is 15.8. The van der Waals surface area contributed by atoms with E-state index in [9.17, 15) is 9.90 Å². The van der Waals surface area contributed by atoms with Crippen molar-refractivity contribution in [3.05, 3.63) is 66.2 Å². The largest absolute Gasteiger partial charge is 0.461 e. The van der Waals surface area contributed by atoms with Gasteiger partial charge in [0.2, 0.25) is 0 Å². The molecule has 0 saturated carbocycles. The Morgan fingerprint density at radius 2 is 2.00 bits per heavy atom. The molecule has 3 aromatic rings. The predicted octanol–water partition coefficient (Wildman–Crippen LogP) is 4.16. The second-order valence-electron chi connectivity index (χ2n) is 6.81. The molecular weight excluding hydrogens is 340 g/mol. The Hall–Kier alpha value is -2.66. The molecule has 2 unspecified atom stereocenters. The zero-order chi connectivity index (χ0) is 19.2. The van der Waals surface area contributed by atoms with E-state index in [2.05, 4.69) is 41.4 Å². The minimum atomic E-state index is -0.536. The number of nitrogens with zero attached hydrogens (tertiary/aromatic N) is 2. The number of esters is 1. The van der Waals surface area contributed by atoms with Gasteiger partial charge in [-0.05, 0) is 49.4 Å². The molecule has 2 aromatic carbocycles. The minimum Gasteiger partial charge on any atom is -0.461 e. The first-order valence-electron chi connectivity index (χ1n) is 9.45. The molecule has 0 aliphatic heterocycles. The van der Waals surface area contributed by atoms with E-state index in [1.165, 1.54) is 16.3 Å². The van der Waals surface area contributed by atoms with E-state index in [4.69, 9.17) is 4.74 Å². The van der Waals surface area contributed by atoms with Crippen LogP contribution in [0.15, 0.2) is 55.0 Å². The molecule has 0 aliphatic rings. The van der Waals surface area contributed by atoms with Gasteiger partial charge in [-0.1, -0.05) is 42.5 Å². The normalized spacial score (nSPS) is 13.4. The van der Waals surface area contributed by atoms with Gasteiger partial charge in [0.05, 0.1) is 25.1 Å². The number of benzene rings is 2. The van der Waals surface area contributed by atoms with Crippen LogP contribution in [-0.2, 0) is 11.2 Å². The van der Waals surface area contributed by atoms with Crippen molar-refractivity contribution in [3.63, 3.8) is 0 Å². The Morgan fingerprint density at radius 1 is 1.22 bits per heavy atom. The number of hydrogen-bond acceptors (Lipinski definition) is 4. The van der Waals surface area contributed by atoms with Crippen LogP contribution >= 0.6 is 0 Å². The lowest BCUT2D eigenvalue weighted by atomic mass is 9.99. The summed E-state index contributed by atoms with van der Waals surface area (Å²) in [7, 11) is 0. The molecule has 1 aromatic heterocycles. The second kappa shape index (κ2) is 8.82. The van der Waals surface area contributed by atoms with E-state index >= 15 is 0 Å². The summed E-state index contributed by atoms with van der Waals surface area (Å²) in [6, 6.07) is 14.8. The average Bonchev–Trinajstić information content (AvgIpc) is 3.15. The van der Waals surface area contributed by atoms with Gasteiger partial charge in [-0.25, -0.2) is 9.78 Å². The zero-order valence-electron chi connectivity index (χ0n) is 15.8. The number of aliphatic hydroxyl groups is 1. The molecule has 1 N–H and O–H groups in total. The third-order valence-electron chi connectivity index (χ3n) is 4.81. The Labute approximate surface area is 159 Å². The first-order valence-corrected chi connectivity index (χ1v) is 9.45. The summed E-state index contributed by atoms with van der Waals surface area (Å²) >= 11 is 0. The van der Waals surface area contributed by atoms with E-state index in [1.807, 2.05) is 10.6 Å². The van der Waals surface area contributed by atoms with Gasteiger partial charge in [0, 0.05) is 6.20 Å². The lowest BCUT2D eigenvalue weighted by Crippen LogP contribution is -2.20. The van der Waals surface area contributed by atoms with E-state index < -0.39 is 12.1 Å². The topological polar surface area (TPSA) is 64.3 Å². The molecule has 0 saturated heterocycles. The molecule has 2 atom stereocenters. The highest BCUT2D eigenvalue weighted by molar-refractivity contribution is 5.86. The van der Waals surface area contributed by atoms with Crippen LogP contribution in [0.5, 0.6) is 0 Å². The summed E-state index contributed by atoms with van der Waals surface area (Å²) in [5.41, 5.74) is 1.56. The molecule has 0 aliphatic carbocycles. The monoisotopic (exact) mass is 366 g/mol.